The minimum Gasteiger partial charge on any atom is -0.368 e. The Bertz CT molecular complexity index is 471. The van der Waals surface area contributed by atoms with Crippen LogP contribution in [0.5, 0.6) is 0 Å². The molecule has 0 amide bonds. The Labute approximate surface area is 124 Å². The van der Waals surface area contributed by atoms with Crippen molar-refractivity contribution in [2.24, 2.45) is 5.73 Å². The van der Waals surface area contributed by atoms with E-state index in [0.29, 0.717) is 17.8 Å². The van der Waals surface area contributed by atoms with Crippen LogP contribution < -0.4 is 10.6 Å². The van der Waals surface area contributed by atoms with E-state index in [4.69, 9.17) is 5.73 Å². The normalized spacial score (nSPS) is 20.4. The molecule has 2 nitrogen and oxygen atoms in total. The van der Waals surface area contributed by atoms with Crippen LogP contribution in [0.15, 0.2) is 18.2 Å². The zero-order valence-corrected chi connectivity index (χ0v) is 12.4. The van der Waals surface area contributed by atoms with E-state index in [0.717, 1.165) is 32.1 Å². The van der Waals surface area contributed by atoms with Crippen LogP contribution in [0, 0.1) is 0 Å². The lowest BCUT2D eigenvalue weighted by Crippen LogP contribution is -2.36. The number of nitrogens with zero attached hydrogens (tertiary/aromatic N) is 1. The molecule has 5 heteroatoms. The lowest BCUT2D eigenvalue weighted by molar-refractivity contribution is -0.137. The highest BCUT2D eigenvalue weighted by atomic mass is 19.4. The van der Waals surface area contributed by atoms with E-state index in [-0.39, 0.29) is 12.6 Å². The van der Waals surface area contributed by atoms with Gasteiger partial charge in [-0.15, -0.1) is 0 Å². The molecule has 21 heavy (non-hydrogen) atoms. The van der Waals surface area contributed by atoms with Gasteiger partial charge in [0, 0.05) is 24.8 Å². The van der Waals surface area contributed by atoms with Gasteiger partial charge in [0.05, 0.1) is 5.56 Å². The van der Waals surface area contributed by atoms with Crippen LogP contribution >= 0.6 is 0 Å². The SMILES string of the molecule is CCC1CCCCCN1c1ccc(CN)cc1C(F)(F)F. The molecule has 0 saturated carbocycles. The molecule has 1 atom stereocenters. The quantitative estimate of drug-likeness (QED) is 0.900. The van der Waals surface area contributed by atoms with Crippen molar-refractivity contribution in [2.45, 2.75) is 57.8 Å². The lowest BCUT2D eigenvalue weighted by atomic mass is 10.0. The predicted octanol–water partition coefficient (Wildman–Crippen LogP) is 4.32. The maximum absolute atomic E-state index is 13.4. The van der Waals surface area contributed by atoms with Gasteiger partial charge in [-0.1, -0.05) is 25.8 Å². The summed E-state index contributed by atoms with van der Waals surface area (Å²) in [4.78, 5) is 1.95. The Balaban J connectivity index is 2.45. The van der Waals surface area contributed by atoms with Crippen LogP contribution in [0.1, 0.15) is 50.2 Å². The Hall–Kier alpha value is -1.23. The fourth-order valence-electron chi connectivity index (χ4n) is 3.11. The molecular weight excluding hydrogens is 277 g/mol. The Kier molecular flexibility index (Phi) is 5.14. The van der Waals surface area contributed by atoms with Gasteiger partial charge >= 0.3 is 6.18 Å². The molecule has 0 radical (unpaired) electrons. The molecule has 1 aliphatic rings. The number of halogens is 3. The second-order valence-corrected chi connectivity index (χ2v) is 5.66. The van der Waals surface area contributed by atoms with Crippen LogP contribution in [0.2, 0.25) is 0 Å². The van der Waals surface area contributed by atoms with Crippen LogP contribution in [0.25, 0.3) is 0 Å². The molecule has 1 aromatic carbocycles. The van der Waals surface area contributed by atoms with Crippen molar-refractivity contribution in [1.29, 1.82) is 0 Å². The molecule has 118 valence electrons. The molecule has 1 heterocycles. The van der Waals surface area contributed by atoms with E-state index in [1.807, 2.05) is 11.8 Å². The maximum atomic E-state index is 13.4. The van der Waals surface area contributed by atoms with Crippen molar-refractivity contribution in [3.63, 3.8) is 0 Å². The summed E-state index contributed by atoms with van der Waals surface area (Å²) in [7, 11) is 0. The van der Waals surface area contributed by atoms with Gasteiger partial charge in [0.25, 0.3) is 0 Å². The minimum absolute atomic E-state index is 0.126. The number of benzene rings is 1. The highest BCUT2D eigenvalue weighted by Gasteiger charge is 2.36. The van der Waals surface area contributed by atoms with Crippen molar-refractivity contribution in [3.8, 4) is 0 Å². The fraction of sp³-hybridized carbons (Fsp3) is 0.625. The highest BCUT2D eigenvalue weighted by Crippen LogP contribution is 2.39. The molecule has 1 aliphatic heterocycles. The molecule has 1 unspecified atom stereocenters. The van der Waals surface area contributed by atoms with Crippen LogP contribution in [-0.2, 0) is 12.7 Å². The van der Waals surface area contributed by atoms with Crippen molar-refractivity contribution in [3.05, 3.63) is 29.3 Å². The van der Waals surface area contributed by atoms with Gasteiger partial charge in [0.1, 0.15) is 0 Å². The number of alkyl halides is 3. The fourth-order valence-corrected chi connectivity index (χ4v) is 3.11. The minimum atomic E-state index is -4.34. The van der Waals surface area contributed by atoms with Gasteiger partial charge in [-0.05, 0) is 37.0 Å². The van der Waals surface area contributed by atoms with Gasteiger partial charge < -0.3 is 10.6 Å². The van der Waals surface area contributed by atoms with E-state index in [2.05, 4.69) is 0 Å². The van der Waals surface area contributed by atoms with Gasteiger partial charge in [0.2, 0.25) is 0 Å². The summed E-state index contributed by atoms with van der Waals surface area (Å²) in [5, 5.41) is 0. The third-order valence-electron chi connectivity index (χ3n) is 4.26. The number of anilines is 1. The second-order valence-electron chi connectivity index (χ2n) is 5.66. The van der Waals surface area contributed by atoms with E-state index in [9.17, 15) is 13.2 Å². The summed E-state index contributed by atoms with van der Waals surface area (Å²) >= 11 is 0. The standard InChI is InChI=1S/C16H23F3N2/c1-2-13-6-4-3-5-9-21(13)15-8-7-12(11-20)10-14(15)16(17,18)19/h7-8,10,13H,2-6,9,11,20H2,1H3. The number of hydrogen-bond donors (Lipinski definition) is 1. The number of nitrogens with two attached hydrogens (primary N) is 1. The smallest absolute Gasteiger partial charge is 0.368 e. The van der Waals surface area contributed by atoms with Gasteiger partial charge in [0.15, 0.2) is 0 Å². The zero-order chi connectivity index (χ0) is 15.5. The molecule has 2 N–H and O–H groups in total. The first-order valence-electron chi connectivity index (χ1n) is 7.64. The third kappa shape index (κ3) is 3.70. The molecule has 2 rings (SSSR count). The highest BCUT2D eigenvalue weighted by molar-refractivity contribution is 5.57. The molecule has 0 aliphatic carbocycles. The summed E-state index contributed by atoms with van der Waals surface area (Å²) in [6.07, 6.45) is 0.631. The largest absolute Gasteiger partial charge is 0.418 e. The lowest BCUT2D eigenvalue weighted by Gasteiger charge is -2.33. The Morgan fingerprint density at radius 2 is 2.00 bits per heavy atom. The summed E-state index contributed by atoms with van der Waals surface area (Å²) in [6.45, 7) is 2.87. The maximum Gasteiger partial charge on any atom is 0.418 e. The van der Waals surface area contributed by atoms with E-state index < -0.39 is 11.7 Å². The third-order valence-corrected chi connectivity index (χ3v) is 4.26. The number of hydrogen-bond acceptors (Lipinski definition) is 2. The Morgan fingerprint density at radius 1 is 1.24 bits per heavy atom. The van der Waals surface area contributed by atoms with Crippen molar-refractivity contribution >= 4 is 5.69 Å². The van der Waals surface area contributed by atoms with E-state index in [1.165, 1.54) is 6.07 Å². The first-order valence-corrected chi connectivity index (χ1v) is 7.64. The van der Waals surface area contributed by atoms with E-state index >= 15 is 0 Å². The summed E-state index contributed by atoms with van der Waals surface area (Å²) in [6, 6.07) is 4.70. The monoisotopic (exact) mass is 300 g/mol. The summed E-state index contributed by atoms with van der Waals surface area (Å²) in [5.74, 6) is 0. The zero-order valence-electron chi connectivity index (χ0n) is 12.4. The molecule has 0 bridgehead atoms. The Morgan fingerprint density at radius 3 is 2.62 bits per heavy atom. The van der Waals surface area contributed by atoms with Crippen molar-refractivity contribution in [1.82, 2.24) is 0 Å². The van der Waals surface area contributed by atoms with Crippen LogP contribution in [-0.4, -0.2) is 12.6 Å². The summed E-state index contributed by atoms with van der Waals surface area (Å²) < 4.78 is 40.2. The molecule has 1 aromatic rings. The number of rotatable bonds is 3. The molecule has 0 spiro atoms. The van der Waals surface area contributed by atoms with Crippen molar-refractivity contribution in [2.75, 3.05) is 11.4 Å². The molecule has 0 aromatic heterocycles. The topological polar surface area (TPSA) is 29.3 Å². The molecule has 1 saturated heterocycles. The first kappa shape index (κ1) is 16.1. The predicted molar refractivity (Wildman–Crippen MR) is 79.2 cm³/mol. The van der Waals surface area contributed by atoms with Crippen molar-refractivity contribution < 1.29 is 13.2 Å². The van der Waals surface area contributed by atoms with E-state index in [1.54, 1.807) is 12.1 Å². The van der Waals surface area contributed by atoms with Crippen LogP contribution in [0.3, 0.4) is 0 Å². The first-order chi connectivity index (χ1) is 9.97. The molecular formula is C16H23F3N2. The second kappa shape index (κ2) is 6.69. The van der Waals surface area contributed by atoms with Gasteiger partial charge in [-0.2, -0.15) is 13.2 Å². The average molecular weight is 300 g/mol. The summed E-state index contributed by atoms with van der Waals surface area (Å²) in [5.41, 5.74) is 5.77. The molecule has 1 fully saturated rings. The van der Waals surface area contributed by atoms with Gasteiger partial charge in [-0.25, -0.2) is 0 Å². The van der Waals surface area contributed by atoms with Gasteiger partial charge in [-0.3, -0.25) is 0 Å². The van der Waals surface area contributed by atoms with Crippen LogP contribution in [0.4, 0.5) is 18.9 Å². The average Bonchev–Trinajstić information content (AvgIpc) is 2.70.